The van der Waals surface area contributed by atoms with Crippen LogP contribution in [0.5, 0.6) is 11.5 Å². The second kappa shape index (κ2) is 8.50. The fourth-order valence-electron chi connectivity index (χ4n) is 2.36. The summed E-state index contributed by atoms with van der Waals surface area (Å²) in [6.45, 7) is 6.97. The second-order valence-electron chi connectivity index (χ2n) is 5.70. The van der Waals surface area contributed by atoms with Crippen molar-refractivity contribution in [3.63, 3.8) is 0 Å². The van der Waals surface area contributed by atoms with Crippen molar-refractivity contribution in [1.29, 1.82) is 0 Å². The Balaban J connectivity index is 2.21. The summed E-state index contributed by atoms with van der Waals surface area (Å²) >= 11 is 0. The van der Waals surface area contributed by atoms with Crippen LogP contribution in [-0.4, -0.2) is 37.3 Å². The van der Waals surface area contributed by atoms with Gasteiger partial charge < -0.3 is 19.7 Å². The lowest BCUT2D eigenvalue weighted by molar-refractivity contribution is 0.287. The summed E-state index contributed by atoms with van der Waals surface area (Å²) < 4.78 is 24.9. The van der Waals surface area contributed by atoms with Crippen molar-refractivity contribution in [1.82, 2.24) is 9.97 Å². The molecular weight excluding hydrogens is 323 g/mol. The molecule has 1 heterocycles. The Labute approximate surface area is 148 Å². The predicted molar refractivity (Wildman–Crippen MR) is 97.1 cm³/mol. The molecule has 0 aliphatic heterocycles. The van der Waals surface area contributed by atoms with Gasteiger partial charge in [-0.3, -0.25) is 0 Å². The minimum Gasteiger partial charge on any atom is -0.490 e. The third-order valence-electron chi connectivity index (χ3n) is 3.56. The van der Waals surface area contributed by atoms with Crippen molar-refractivity contribution in [2.24, 2.45) is 0 Å². The van der Waals surface area contributed by atoms with E-state index in [1.807, 2.05) is 39.0 Å². The number of nitrogens with one attached hydrogen (secondary N) is 1. The van der Waals surface area contributed by atoms with Crippen molar-refractivity contribution in [2.45, 2.75) is 26.8 Å². The molecule has 1 N–H and O–H groups in total. The fraction of sp³-hybridized carbons (Fsp3) is 0.444. The number of benzene rings is 1. The molecular formula is C18H25FN4O2. The van der Waals surface area contributed by atoms with Crippen LogP contribution in [0.15, 0.2) is 24.4 Å². The van der Waals surface area contributed by atoms with Crippen LogP contribution >= 0.6 is 0 Å². The Bertz CT molecular complexity index is 709. The van der Waals surface area contributed by atoms with Gasteiger partial charge in [0.2, 0.25) is 5.95 Å². The Morgan fingerprint density at radius 1 is 1.16 bits per heavy atom. The van der Waals surface area contributed by atoms with Crippen LogP contribution < -0.4 is 19.7 Å². The topological polar surface area (TPSA) is 59.5 Å². The molecule has 1 unspecified atom stereocenters. The van der Waals surface area contributed by atoms with Gasteiger partial charge in [0.05, 0.1) is 25.5 Å². The lowest BCUT2D eigenvalue weighted by Gasteiger charge is -2.18. The zero-order valence-electron chi connectivity index (χ0n) is 15.3. The maximum absolute atomic E-state index is 13.7. The first-order valence-electron chi connectivity index (χ1n) is 8.32. The van der Waals surface area contributed by atoms with Crippen LogP contribution in [0.4, 0.5) is 16.2 Å². The largest absolute Gasteiger partial charge is 0.490 e. The second-order valence-corrected chi connectivity index (χ2v) is 5.70. The van der Waals surface area contributed by atoms with Crippen molar-refractivity contribution in [3.8, 4) is 11.5 Å². The number of halogens is 1. The molecule has 0 bridgehead atoms. The van der Waals surface area contributed by atoms with Crippen LogP contribution in [-0.2, 0) is 0 Å². The van der Waals surface area contributed by atoms with Gasteiger partial charge in [-0.1, -0.05) is 6.07 Å². The number of nitrogens with zero attached hydrogens (tertiary/aromatic N) is 3. The Morgan fingerprint density at radius 3 is 2.48 bits per heavy atom. The van der Waals surface area contributed by atoms with Crippen molar-refractivity contribution in [3.05, 3.63) is 35.8 Å². The van der Waals surface area contributed by atoms with Gasteiger partial charge >= 0.3 is 0 Å². The van der Waals surface area contributed by atoms with Gasteiger partial charge in [0.25, 0.3) is 0 Å². The highest BCUT2D eigenvalue weighted by molar-refractivity contribution is 5.47. The van der Waals surface area contributed by atoms with Crippen LogP contribution in [0.2, 0.25) is 0 Å². The molecule has 2 rings (SSSR count). The van der Waals surface area contributed by atoms with Crippen LogP contribution in [0.25, 0.3) is 0 Å². The zero-order chi connectivity index (χ0) is 18.4. The first-order valence-corrected chi connectivity index (χ1v) is 8.32. The number of aromatic nitrogens is 2. The minimum atomic E-state index is -0.456. The van der Waals surface area contributed by atoms with E-state index in [0.717, 1.165) is 5.56 Å². The van der Waals surface area contributed by atoms with Gasteiger partial charge in [-0.2, -0.15) is 4.98 Å². The molecule has 1 aromatic carbocycles. The molecule has 1 aromatic heterocycles. The van der Waals surface area contributed by atoms with Gasteiger partial charge in [-0.25, -0.2) is 9.37 Å². The van der Waals surface area contributed by atoms with Gasteiger partial charge in [0.1, 0.15) is 0 Å². The maximum Gasteiger partial charge on any atom is 0.225 e. The van der Waals surface area contributed by atoms with Gasteiger partial charge in [-0.15, -0.1) is 0 Å². The normalized spacial score (nSPS) is 11.8. The monoisotopic (exact) mass is 348 g/mol. The first kappa shape index (κ1) is 18.8. The van der Waals surface area contributed by atoms with E-state index < -0.39 is 5.82 Å². The summed E-state index contributed by atoms with van der Waals surface area (Å²) in [6.07, 6.45) is 1.17. The Hall–Kier alpha value is -2.57. The summed E-state index contributed by atoms with van der Waals surface area (Å²) in [4.78, 5) is 9.84. The average Bonchev–Trinajstić information content (AvgIpc) is 2.58. The van der Waals surface area contributed by atoms with Gasteiger partial charge in [0, 0.05) is 14.1 Å². The standard InChI is InChI=1S/C18H25FN4O2/c1-6-24-15-9-8-13(10-16(15)25-7-2)12(3)21-18-20-11-14(19)17(22-18)23(4)5/h8-12H,6-7H2,1-5H3,(H,20,21,22). The average molecular weight is 348 g/mol. The molecule has 0 saturated carbocycles. The molecule has 0 saturated heterocycles. The molecule has 0 aliphatic rings. The molecule has 6 nitrogen and oxygen atoms in total. The third kappa shape index (κ3) is 4.71. The van der Waals surface area contributed by atoms with E-state index in [1.165, 1.54) is 6.20 Å². The highest BCUT2D eigenvalue weighted by Gasteiger charge is 2.14. The lowest BCUT2D eigenvalue weighted by Crippen LogP contribution is -2.16. The van der Waals surface area contributed by atoms with Gasteiger partial charge in [-0.05, 0) is 38.5 Å². The van der Waals surface area contributed by atoms with E-state index in [-0.39, 0.29) is 11.9 Å². The minimum absolute atomic E-state index is 0.0876. The predicted octanol–water partition coefficient (Wildman–Crippen LogP) is 3.65. The summed E-state index contributed by atoms with van der Waals surface area (Å²) in [7, 11) is 3.47. The fourth-order valence-corrected chi connectivity index (χ4v) is 2.36. The maximum atomic E-state index is 13.7. The van der Waals surface area contributed by atoms with E-state index in [2.05, 4.69) is 15.3 Å². The lowest BCUT2D eigenvalue weighted by atomic mass is 10.1. The van der Waals surface area contributed by atoms with Crippen molar-refractivity contribution < 1.29 is 13.9 Å². The summed E-state index contributed by atoms with van der Waals surface area (Å²) in [5.41, 5.74) is 0.992. The molecule has 1 atom stereocenters. The number of rotatable bonds is 8. The number of hydrogen-bond acceptors (Lipinski definition) is 6. The summed E-state index contributed by atoms with van der Waals surface area (Å²) in [6, 6.07) is 5.69. The van der Waals surface area contributed by atoms with Crippen LogP contribution in [0.3, 0.4) is 0 Å². The van der Waals surface area contributed by atoms with Crippen molar-refractivity contribution in [2.75, 3.05) is 37.5 Å². The summed E-state index contributed by atoms with van der Waals surface area (Å²) in [5.74, 6) is 1.57. The SMILES string of the molecule is CCOc1ccc(C(C)Nc2ncc(F)c(N(C)C)n2)cc1OCC. The summed E-state index contributed by atoms with van der Waals surface area (Å²) in [5, 5.41) is 3.19. The number of hydrogen-bond donors (Lipinski definition) is 1. The first-order chi connectivity index (χ1) is 12.0. The smallest absolute Gasteiger partial charge is 0.225 e. The zero-order valence-corrected chi connectivity index (χ0v) is 15.3. The van der Waals surface area contributed by atoms with Crippen molar-refractivity contribution >= 4 is 11.8 Å². The van der Waals surface area contributed by atoms with E-state index in [4.69, 9.17) is 9.47 Å². The highest BCUT2D eigenvalue weighted by Crippen LogP contribution is 2.31. The quantitative estimate of drug-likeness (QED) is 0.786. The number of anilines is 2. The molecule has 0 aliphatic carbocycles. The molecule has 0 fully saturated rings. The highest BCUT2D eigenvalue weighted by atomic mass is 19.1. The van der Waals surface area contributed by atoms with Gasteiger partial charge in [0.15, 0.2) is 23.1 Å². The molecule has 25 heavy (non-hydrogen) atoms. The van der Waals surface area contributed by atoms with E-state index in [9.17, 15) is 4.39 Å². The molecule has 7 heteroatoms. The van der Waals surface area contributed by atoms with E-state index in [0.29, 0.717) is 30.7 Å². The van der Waals surface area contributed by atoms with Crippen LogP contribution in [0, 0.1) is 5.82 Å². The Kier molecular flexibility index (Phi) is 6.38. The molecule has 0 amide bonds. The number of ether oxygens (including phenoxy) is 2. The third-order valence-corrected chi connectivity index (χ3v) is 3.56. The molecule has 0 radical (unpaired) electrons. The molecule has 0 spiro atoms. The van der Waals surface area contributed by atoms with E-state index in [1.54, 1.807) is 19.0 Å². The van der Waals surface area contributed by atoms with Crippen LogP contribution in [0.1, 0.15) is 32.4 Å². The molecule has 2 aromatic rings. The van der Waals surface area contributed by atoms with E-state index >= 15 is 0 Å². The Morgan fingerprint density at radius 2 is 1.84 bits per heavy atom. The molecule has 136 valence electrons.